The lowest BCUT2D eigenvalue weighted by Gasteiger charge is -2.11. The monoisotopic (exact) mass is 346 g/mol. The lowest BCUT2D eigenvalue weighted by Crippen LogP contribution is -2.36. The molecular weight excluding hydrogens is 328 g/mol. The van der Waals surface area contributed by atoms with Crippen LogP contribution in [-0.2, 0) is 13.1 Å². The highest BCUT2D eigenvalue weighted by atomic mass is 35.5. The van der Waals surface area contributed by atoms with Gasteiger partial charge in [-0.15, -0.1) is 0 Å². The summed E-state index contributed by atoms with van der Waals surface area (Å²) in [4.78, 5) is 15.2. The number of nitrogens with one attached hydrogen (secondary N) is 2. The summed E-state index contributed by atoms with van der Waals surface area (Å²) in [6.45, 7) is 3.47. The van der Waals surface area contributed by atoms with Gasteiger partial charge in [0.25, 0.3) is 5.69 Å². The number of nitro benzene ring substituents is 1. The van der Waals surface area contributed by atoms with Crippen LogP contribution in [0.5, 0.6) is 0 Å². The van der Waals surface area contributed by atoms with Gasteiger partial charge >= 0.3 is 0 Å². The molecule has 0 radical (unpaired) electrons. The maximum absolute atomic E-state index is 11.1. The number of nitrogens with zero attached hydrogens (tertiary/aromatic N) is 2. The predicted octanol–water partition coefficient (Wildman–Crippen LogP) is 3.50. The largest absolute Gasteiger partial charge is 0.357 e. The van der Waals surface area contributed by atoms with Crippen molar-refractivity contribution in [2.24, 2.45) is 4.99 Å². The van der Waals surface area contributed by atoms with Gasteiger partial charge in [-0.05, 0) is 24.6 Å². The third-order valence-corrected chi connectivity index (χ3v) is 3.56. The second-order valence-electron chi connectivity index (χ2n) is 5.06. The minimum Gasteiger partial charge on any atom is -0.357 e. The van der Waals surface area contributed by atoms with Crippen LogP contribution in [0.15, 0.2) is 53.5 Å². The lowest BCUT2D eigenvalue weighted by molar-refractivity contribution is -0.385. The molecule has 2 rings (SSSR count). The lowest BCUT2D eigenvalue weighted by atomic mass is 10.2. The van der Waals surface area contributed by atoms with Crippen molar-refractivity contribution in [1.82, 2.24) is 10.6 Å². The highest BCUT2D eigenvalue weighted by Crippen LogP contribution is 2.17. The van der Waals surface area contributed by atoms with Gasteiger partial charge in [0.15, 0.2) is 5.96 Å². The number of halogens is 1. The number of benzene rings is 2. The predicted molar refractivity (Wildman–Crippen MR) is 96.2 cm³/mol. The van der Waals surface area contributed by atoms with Gasteiger partial charge in [-0.25, -0.2) is 4.99 Å². The van der Waals surface area contributed by atoms with E-state index in [9.17, 15) is 10.1 Å². The molecule has 2 aromatic carbocycles. The maximum Gasteiger partial charge on any atom is 0.274 e. The van der Waals surface area contributed by atoms with E-state index in [1.165, 1.54) is 6.07 Å². The molecule has 0 aliphatic rings. The van der Waals surface area contributed by atoms with Crippen molar-refractivity contribution >= 4 is 23.2 Å². The summed E-state index contributed by atoms with van der Waals surface area (Å²) in [5.41, 5.74) is 1.74. The van der Waals surface area contributed by atoms with Crippen molar-refractivity contribution in [2.75, 3.05) is 6.54 Å². The molecule has 0 unspecified atom stereocenters. The average Bonchev–Trinajstić information content (AvgIpc) is 2.59. The van der Waals surface area contributed by atoms with E-state index in [0.29, 0.717) is 36.2 Å². The first-order chi connectivity index (χ1) is 11.6. The smallest absolute Gasteiger partial charge is 0.274 e. The van der Waals surface area contributed by atoms with Gasteiger partial charge in [-0.2, -0.15) is 0 Å². The minimum absolute atomic E-state index is 0.0959. The van der Waals surface area contributed by atoms with Crippen molar-refractivity contribution in [2.45, 2.75) is 20.0 Å². The van der Waals surface area contributed by atoms with E-state index in [1.807, 2.05) is 31.2 Å². The highest BCUT2D eigenvalue weighted by Gasteiger charge is 2.12. The van der Waals surface area contributed by atoms with Crippen LogP contribution in [0.4, 0.5) is 5.69 Å². The van der Waals surface area contributed by atoms with Crippen LogP contribution in [-0.4, -0.2) is 17.4 Å². The molecule has 0 aliphatic heterocycles. The average molecular weight is 347 g/mol. The van der Waals surface area contributed by atoms with E-state index in [1.54, 1.807) is 18.2 Å². The molecule has 6 nitrogen and oxygen atoms in total. The Morgan fingerprint density at radius 1 is 1.17 bits per heavy atom. The van der Waals surface area contributed by atoms with Crippen molar-refractivity contribution in [3.05, 3.63) is 74.8 Å². The van der Waals surface area contributed by atoms with Gasteiger partial charge < -0.3 is 10.6 Å². The molecule has 0 aliphatic carbocycles. The van der Waals surface area contributed by atoms with Crippen LogP contribution < -0.4 is 10.6 Å². The molecule has 126 valence electrons. The Hall–Kier alpha value is -2.60. The number of guanidine groups is 1. The number of nitro groups is 1. The van der Waals surface area contributed by atoms with Crippen LogP contribution in [0.25, 0.3) is 0 Å². The Bertz CT molecular complexity index is 717. The van der Waals surface area contributed by atoms with Crippen molar-refractivity contribution < 1.29 is 4.92 Å². The number of aliphatic imine (C=N–C) groups is 1. The summed E-state index contributed by atoms with van der Waals surface area (Å²) in [5, 5.41) is 18.0. The molecule has 0 spiro atoms. The first kappa shape index (κ1) is 17.7. The Morgan fingerprint density at radius 2 is 1.88 bits per heavy atom. The minimum atomic E-state index is -0.380. The van der Waals surface area contributed by atoms with Crippen LogP contribution >= 0.6 is 11.6 Å². The molecule has 24 heavy (non-hydrogen) atoms. The zero-order valence-corrected chi connectivity index (χ0v) is 14.1. The first-order valence-corrected chi connectivity index (χ1v) is 7.97. The Labute approximate surface area is 145 Å². The number of rotatable bonds is 6. The summed E-state index contributed by atoms with van der Waals surface area (Å²) >= 11 is 5.87. The standard InChI is InChI=1S/C17H19ClN4O2/c1-2-19-17(20-11-13-7-9-15(18)10-8-13)21-12-14-5-3-4-6-16(14)22(23)24/h3-10H,2,11-12H2,1H3,(H2,19,20,21). The third kappa shape index (κ3) is 5.24. The maximum atomic E-state index is 11.1. The number of para-hydroxylation sites is 1. The molecule has 0 saturated carbocycles. The second kappa shape index (κ2) is 8.88. The Morgan fingerprint density at radius 3 is 2.54 bits per heavy atom. The van der Waals surface area contributed by atoms with E-state index < -0.39 is 0 Å². The molecule has 0 saturated heterocycles. The van der Waals surface area contributed by atoms with E-state index in [2.05, 4.69) is 15.6 Å². The SMILES string of the molecule is CCNC(=NCc1ccc(Cl)cc1)NCc1ccccc1[N+](=O)[O-]. The van der Waals surface area contributed by atoms with Crippen molar-refractivity contribution in [1.29, 1.82) is 0 Å². The fourth-order valence-electron chi connectivity index (χ4n) is 2.12. The molecular formula is C17H19ClN4O2. The molecule has 0 amide bonds. The van der Waals surface area contributed by atoms with Crippen LogP contribution in [0.2, 0.25) is 5.02 Å². The fourth-order valence-corrected chi connectivity index (χ4v) is 2.25. The van der Waals surface area contributed by atoms with E-state index >= 15 is 0 Å². The number of hydrogen-bond acceptors (Lipinski definition) is 3. The van der Waals surface area contributed by atoms with E-state index in [4.69, 9.17) is 11.6 Å². The Balaban J connectivity index is 2.04. The van der Waals surface area contributed by atoms with Crippen molar-refractivity contribution in [3.63, 3.8) is 0 Å². The zero-order valence-electron chi connectivity index (χ0n) is 13.3. The zero-order chi connectivity index (χ0) is 17.4. The summed E-state index contributed by atoms with van der Waals surface area (Å²) in [6.07, 6.45) is 0. The second-order valence-corrected chi connectivity index (χ2v) is 5.50. The van der Waals surface area contributed by atoms with E-state index in [0.717, 1.165) is 5.56 Å². The van der Waals surface area contributed by atoms with Crippen LogP contribution in [0, 0.1) is 10.1 Å². The van der Waals surface area contributed by atoms with Crippen molar-refractivity contribution in [3.8, 4) is 0 Å². The van der Waals surface area contributed by atoms with Gasteiger partial charge in [0, 0.05) is 29.7 Å². The normalized spacial score (nSPS) is 11.2. The topological polar surface area (TPSA) is 79.6 Å². The highest BCUT2D eigenvalue weighted by molar-refractivity contribution is 6.30. The van der Waals surface area contributed by atoms with Gasteiger partial charge in [-0.3, -0.25) is 10.1 Å². The third-order valence-electron chi connectivity index (χ3n) is 3.31. The molecule has 2 N–H and O–H groups in total. The number of hydrogen-bond donors (Lipinski definition) is 2. The van der Waals surface area contributed by atoms with Crippen LogP contribution in [0.1, 0.15) is 18.1 Å². The molecule has 0 heterocycles. The van der Waals surface area contributed by atoms with Gasteiger partial charge in [0.2, 0.25) is 0 Å². The summed E-state index contributed by atoms with van der Waals surface area (Å²) in [5.74, 6) is 0.602. The van der Waals surface area contributed by atoms with Gasteiger partial charge in [-0.1, -0.05) is 41.9 Å². The molecule has 2 aromatic rings. The molecule has 0 bridgehead atoms. The summed E-state index contributed by atoms with van der Waals surface area (Å²) in [7, 11) is 0. The molecule has 7 heteroatoms. The summed E-state index contributed by atoms with van der Waals surface area (Å²) in [6, 6.07) is 14.1. The summed E-state index contributed by atoms with van der Waals surface area (Å²) < 4.78 is 0. The molecule has 0 fully saturated rings. The van der Waals surface area contributed by atoms with Crippen LogP contribution in [0.3, 0.4) is 0 Å². The molecule has 0 aromatic heterocycles. The quantitative estimate of drug-likeness (QED) is 0.363. The Kier molecular flexibility index (Phi) is 6.57. The van der Waals surface area contributed by atoms with Gasteiger partial charge in [0.1, 0.15) is 0 Å². The molecule has 0 atom stereocenters. The van der Waals surface area contributed by atoms with E-state index in [-0.39, 0.29) is 10.6 Å². The first-order valence-electron chi connectivity index (χ1n) is 7.59. The fraction of sp³-hybridized carbons (Fsp3) is 0.235. The van der Waals surface area contributed by atoms with Gasteiger partial charge in [0.05, 0.1) is 11.5 Å².